The van der Waals surface area contributed by atoms with E-state index in [-0.39, 0.29) is 5.56 Å². The molecule has 4 aromatic carbocycles. The van der Waals surface area contributed by atoms with Crippen molar-refractivity contribution in [2.45, 2.75) is 37.7 Å². The van der Waals surface area contributed by atoms with Crippen LogP contribution in [-0.2, 0) is 32.7 Å². The van der Waals surface area contributed by atoms with Crippen molar-refractivity contribution in [2.75, 3.05) is 4.90 Å². The quantitative estimate of drug-likeness (QED) is 0.0513. The van der Waals surface area contributed by atoms with E-state index in [2.05, 4.69) is 10.5 Å². The highest BCUT2D eigenvalue weighted by Gasteiger charge is 2.52. The molecular formula is C41H31F4N5O4. The number of nitrogens with one attached hydrogen (secondary N) is 1. The molecule has 0 radical (unpaired) electrons. The van der Waals surface area contributed by atoms with Gasteiger partial charge in [-0.1, -0.05) is 103 Å². The molecule has 5 aromatic rings. The van der Waals surface area contributed by atoms with Gasteiger partial charge in [0.05, 0.1) is 24.0 Å². The molecule has 1 N–H and O–H groups in total. The van der Waals surface area contributed by atoms with Crippen LogP contribution in [0.1, 0.15) is 52.9 Å². The third kappa shape index (κ3) is 7.07. The van der Waals surface area contributed by atoms with Gasteiger partial charge in [-0.25, -0.2) is 24.5 Å². The van der Waals surface area contributed by atoms with Crippen LogP contribution in [-0.4, -0.2) is 33.3 Å². The van der Waals surface area contributed by atoms with E-state index in [9.17, 15) is 27.6 Å². The lowest BCUT2D eigenvalue weighted by Gasteiger charge is -2.34. The predicted molar refractivity (Wildman–Crippen MR) is 190 cm³/mol. The lowest BCUT2D eigenvalue weighted by atomic mass is 9.80. The van der Waals surface area contributed by atoms with Gasteiger partial charge < -0.3 is 4.90 Å². The van der Waals surface area contributed by atoms with Crippen LogP contribution in [0.25, 0.3) is 6.08 Å². The number of pyridine rings is 1. The summed E-state index contributed by atoms with van der Waals surface area (Å²) in [4.78, 5) is 51.3. The number of carbonyl (C=O) groups excluding carboxylic acids is 3. The number of carbonyl (C=O) groups is 3. The number of nitrogens with zero attached hydrogens (tertiary/aromatic N) is 4. The van der Waals surface area contributed by atoms with E-state index in [1.807, 2.05) is 91.0 Å². The molecule has 4 amide bonds. The van der Waals surface area contributed by atoms with Crippen molar-refractivity contribution in [1.82, 2.24) is 15.4 Å². The van der Waals surface area contributed by atoms with E-state index in [0.29, 0.717) is 16.5 Å². The summed E-state index contributed by atoms with van der Waals surface area (Å²) in [6, 6.07) is 33.1. The molecule has 0 atom stereocenters. The zero-order valence-corrected chi connectivity index (χ0v) is 28.8. The van der Waals surface area contributed by atoms with Crippen molar-refractivity contribution >= 4 is 29.6 Å². The first-order chi connectivity index (χ1) is 25.8. The van der Waals surface area contributed by atoms with Gasteiger partial charge in [0.1, 0.15) is 17.4 Å². The average molecular weight is 734 g/mol. The van der Waals surface area contributed by atoms with E-state index in [1.54, 1.807) is 0 Å². The second-order valence-electron chi connectivity index (χ2n) is 12.8. The molecule has 0 spiro atoms. The summed E-state index contributed by atoms with van der Waals surface area (Å²) in [7, 11) is 0. The van der Waals surface area contributed by atoms with Crippen LogP contribution in [0.4, 0.5) is 28.0 Å². The number of hydrogen-bond donors (Lipinski definition) is 1. The lowest BCUT2D eigenvalue weighted by molar-refractivity contribution is -0.138. The van der Waals surface area contributed by atoms with Gasteiger partial charge in [-0.05, 0) is 54.3 Å². The smallest absolute Gasteiger partial charge is 0.305 e. The number of alkyl halides is 3. The Morgan fingerprint density at radius 1 is 0.889 bits per heavy atom. The minimum absolute atomic E-state index is 0.00307. The zero-order chi connectivity index (χ0) is 38.7. The number of imide groups is 1. The Morgan fingerprint density at radius 3 is 1.94 bits per heavy atom. The number of amides is 4. The second kappa shape index (κ2) is 14.8. The van der Waals surface area contributed by atoms with Crippen LogP contribution in [0.3, 0.4) is 0 Å². The van der Waals surface area contributed by atoms with E-state index >= 15 is 4.39 Å². The standard InChI is InChI=1S/C41H31F4N5O4/c1-39(2)37(52)50(32-23-33(41(43,44)45)35(24-46)47-25-32)38(53)49(39)26-28-20-18-27(22-34(28)42)19-21-36(51)48-54-40(29-12-6-3-7-13-29,30-14-8-4-9-15-30)31-16-10-5-11-17-31/h3-23,25H,26H2,1-2H3,(H,48,51)/b21-19+. The van der Waals surface area contributed by atoms with Gasteiger partial charge in [-0.15, -0.1) is 0 Å². The predicted octanol–water partition coefficient (Wildman–Crippen LogP) is 7.91. The molecule has 1 saturated heterocycles. The van der Waals surface area contributed by atoms with Crippen molar-refractivity contribution in [3.8, 4) is 6.07 Å². The summed E-state index contributed by atoms with van der Waals surface area (Å²) in [5, 5.41) is 9.08. The minimum atomic E-state index is -4.97. The number of hydrogen-bond acceptors (Lipinski definition) is 6. The maximum absolute atomic E-state index is 15.5. The fourth-order valence-corrected chi connectivity index (χ4v) is 6.20. The molecule has 0 unspecified atom stereocenters. The maximum atomic E-state index is 15.5. The molecule has 54 heavy (non-hydrogen) atoms. The van der Waals surface area contributed by atoms with Crippen molar-refractivity contribution in [3.63, 3.8) is 0 Å². The molecule has 1 fully saturated rings. The molecule has 272 valence electrons. The molecule has 9 nitrogen and oxygen atoms in total. The maximum Gasteiger partial charge on any atom is 0.419 e. The van der Waals surface area contributed by atoms with Gasteiger partial charge in [0.15, 0.2) is 11.3 Å². The highest BCUT2D eigenvalue weighted by atomic mass is 19.4. The largest absolute Gasteiger partial charge is 0.419 e. The third-order valence-electron chi connectivity index (χ3n) is 9.04. The van der Waals surface area contributed by atoms with Crippen molar-refractivity contribution in [3.05, 3.63) is 172 Å². The van der Waals surface area contributed by atoms with Crippen molar-refractivity contribution < 1.29 is 36.8 Å². The molecular weight excluding hydrogens is 702 g/mol. The summed E-state index contributed by atoms with van der Waals surface area (Å²) in [6.07, 6.45) is -1.60. The van der Waals surface area contributed by atoms with Crippen LogP contribution in [0.2, 0.25) is 0 Å². The number of nitriles is 1. The second-order valence-corrected chi connectivity index (χ2v) is 12.8. The fourth-order valence-electron chi connectivity index (χ4n) is 6.20. The summed E-state index contributed by atoms with van der Waals surface area (Å²) in [5.74, 6) is -2.27. The Balaban J connectivity index is 1.20. The SMILES string of the molecule is CC1(C)C(=O)N(c2cnc(C#N)c(C(F)(F)F)c2)C(=O)N1Cc1ccc(/C=C/C(=O)NOC(c2ccccc2)(c2ccccc2)c2ccccc2)cc1F. The Hall–Kier alpha value is -6.65. The molecule has 0 aliphatic carbocycles. The molecule has 1 aliphatic heterocycles. The Bertz CT molecular complexity index is 2180. The van der Waals surface area contributed by atoms with Crippen LogP contribution in [0.5, 0.6) is 0 Å². The molecule has 1 aromatic heterocycles. The number of aromatic nitrogens is 1. The number of hydroxylamine groups is 1. The molecule has 6 rings (SSSR count). The number of benzene rings is 4. The average Bonchev–Trinajstić information content (AvgIpc) is 3.34. The van der Waals surface area contributed by atoms with Gasteiger partial charge in [-0.3, -0.25) is 14.4 Å². The molecule has 0 saturated carbocycles. The summed E-state index contributed by atoms with van der Waals surface area (Å²) < 4.78 is 56.3. The van der Waals surface area contributed by atoms with Crippen LogP contribution >= 0.6 is 0 Å². The number of urea groups is 1. The molecule has 1 aliphatic rings. The van der Waals surface area contributed by atoms with Crippen molar-refractivity contribution in [2.24, 2.45) is 0 Å². The first-order valence-electron chi connectivity index (χ1n) is 16.5. The van der Waals surface area contributed by atoms with Gasteiger partial charge in [0, 0.05) is 11.6 Å². The number of rotatable bonds is 10. The van der Waals surface area contributed by atoms with Crippen molar-refractivity contribution in [1.29, 1.82) is 5.26 Å². The van der Waals surface area contributed by atoms with Crippen LogP contribution < -0.4 is 10.4 Å². The first-order valence-corrected chi connectivity index (χ1v) is 16.5. The summed E-state index contributed by atoms with van der Waals surface area (Å²) in [6.45, 7) is 2.36. The monoisotopic (exact) mass is 733 g/mol. The summed E-state index contributed by atoms with van der Waals surface area (Å²) >= 11 is 0. The molecule has 0 bridgehead atoms. The van der Waals surface area contributed by atoms with Gasteiger partial charge in [0.25, 0.3) is 11.8 Å². The topological polar surface area (TPSA) is 116 Å². The van der Waals surface area contributed by atoms with Gasteiger partial charge >= 0.3 is 12.2 Å². The van der Waals surface area contributed by atoms with E-state index in [1.165, 1.54) is 44.2 Å². The number of anilines is 1. The first kappa shape index (κ1) is 37.1. The Labute approximate surface area is 307 Å². The fraction of sp³-hybridized carbons (Fsp3) is 0.146. The minimum Gasteiger partial charge on any atom is -0.305 e. The van der Waals surface area contributed by atoms with Gasteiger partial charge in [0.2, 0.25) is 0 Å². The Kier molecular flexibility index (Phi) is 10.1. The van der Waals surface area contributed by atoms with E-state index < -0.39 is 64.5 Å². The van der Waals surface area contributed by atoms with Crippen LogP contribution in [0, 0.1) is 17.1 Å². The zero-order valence-electron chi connectivity index (χ0n) is 28.8. The molecule has 13 heteroatoms. The van der Waals surface area contributed by atoms with Crippen LogP contribution in [0.15, 0.2) is 128 Å². The van der Waals surface area contributed by atoms with Gasteiger partial charge in [-0.2, -0.15) is 18.4 Å². The highest BCUT2D eigenvalue weighted by Crippen LogP contribution is 2.40. The van der Waals surface area contributed by atoms with E-state index in [4.69, 9.17) is 10.1 Å². The Morgan fingerprint density at radius 2 is 1.44 bits per heavy atom. The lowest BCUT2D eigenvalue weighted by Crippen LogP contribution is -2.43. The van der Waals surface area contributed by atoms with E-state index in [0.717, 1.165) is 33.9 Å². The third-order valence-corrected chi connectivity index (χ3v) is 9.04. The number of halogens is 4. The highest BCUT2D eigenvalue weighted by molar-refractivity contribution is 6.22. The normalized spacial score (nSPS) is 14.4. The summed E-state index contributed by atoms with van der Waals surface area (Å²) in [5.41, 5.74) is -0.509. The molecule has 2 heterocycles.